The molecule has 4 fully saturated rings. The van der Waals surface area contributed by atoms with Crippen molar-refractivity contribution in [2.45, 2.75) is 51.9 Å². The fourth-order valence-corrected chi connectivity index (χ4v) is 6.76. The first-order valence-corrected chi connectivity index (χ1v) is 10.7. The molecule has 1 aromatic carbocycles. The van der Waals surface area contributed by atoms with Crippen LogP contribution in [0.5, 0.6) is 0 Å². The number of aryl methyl sites for hydroxylation is 1. The molecule has 1 aromatic heterocycles. The minimum Gasteiger partial charge on any atom is -0.267 e. The Morgan fingerprint density at radius 3 is 2.34 bits per heavy atom. The monoisotopic (exact) mass is 392 g/mol. The van der Waals surface area contributed by atoms with Crippen LogP contribution in [0.3, 0.4) is 0 Å². The molecule has 6 heteroatoms. The van der Waals surface area contributed by atoms with Crippen molar-refractivity contribution in [3.05, 3.63) is 40.3 Å². The molecule has 1 heterocycles. The highest BCUT2D eigenvalue weighted by Crippen LogP contribution is 2.61. The van der Waals surface area contributed by atoms with Gasteiger partial charge >= 0.3 is 0 Å². The lowest BCUT2D eigenvalue weighted by Crippen LogP contribution is -2.46. The van der Waals surface area contributed by atoms with Crippen LogP contribution in [-0.2, 0) is 7.05 Å². The Hall–Kier alpha value is -2.50. The van der Waals surface area contributed by atoms with Crippen LogP contribution in [0.4, 0.5) is 0 Å². The van der Waals surface area contributed by atoms with Crippen LogP contribution in [0.2, 0.25) is 0 Å². The van der Waals surface area contributed by atoms with Gasteiger partial charge in [0.2, 0.25) is 0 Å². The number of hydrogen-bond donors (Lipinski definition) is 1. The molecule has 0 radical (unpaired) electrons. The Morgan fingerprint density at radius 1 is 1.14 bits per heavy atom. The van der Waals surface area contributed by atoms with Gasteiger partial charge in [0.25, 0.3) is 11.5 Å². The first kappa shape index (κ1) is 18.5. The molecule has 0 unspecified atom stereocenters. The summed E-state index contributed by atoms with van der Waals surface area (Å²) in [6, 6.07) is 7.07. The van der Waals surface area contributed by atoms with E-state index in [0.717, 1.165) is 29.9 Å². The maximum atomic E-state index is 12.8. The lowest BCUT2D eigenvalue weighted by Gasteiger charge is -2.57. The summed E-state index contributed by atoms with van der Waals surface area (Å²) in [5.41, 5.74) is 4.09. The van der Waals surface area contributed by atoms with E-state index in [-0.39, 0.29) is 17.2 Å². The van der Waals surface area contributed by atoms with E-state index in [2.05, 4.69) is 15.6 Å². The molecule has 0 atom stereocenters. The second-order valence-electron chi connectivity index (χ2n) is 9.71. The Kier molecular flexibility index (Phi) is 4.33. The van der Waals surface area contributed by atoms with Crippen LogP contribution in [0, 0.1) is 23.2 Å². The second-order valence-corrected chi connectivity index (χ2v) is 9.71. The summed E-state index contributed by atoms with van der Waals surface area (Å²) >= 11 is 0. The zero-order valence-electron chi connectivity index (χ0n) is 17.1. The van der Waals surface area contributed by atoms with Gasteiger partial charge in [0.05, 0.1) is 5.39 Å². The summed E-state index contributed by atoms with van der Waals surface area (Å²) in [5.74, 6) is 2.35. The van der Waals surface area contributed by atoms with E-state index in [1.165, 1.54) is 43.2 Å². The third-order valence-corrected chi connectivity index (χ3v) is 7.32. The number of hydrazone groups is 1. The third-order valence-electron chi connectivity index (χ3n) is 7.32. The van der Waals surface area contributed by atoms with Crippen molar-refractivity contribution in [3.63, 3.8) is 0 Å². The number of fused-ring (bicyclic) bond motifs is 1. The summed E-state index contributed by atoms with van der Waals surface area (Å²) in [7, 11) is 1.56. The van der Waals surface area contributed by atoms with Gasteiger partial charge in [-0.3, -0.25) is 9.59 Å². The minimum atomic E-state index is -0.373. The highest BCUT2D eigenvalue weighted by Gasteiger charge is 2.50. The summed E-state index contributed by atoms with van der Waals surface area (Å²) in [6.45, 7) is 2.02. The van der Waals surface area contributed by atoms with Gasteiger partial charge in [-0.2, -0.15) is 10.2 Å². The number of carbonyl (C=O) groups is 1. The van der Waals surface area contributed by atoms with Crippen LogP contribution in [-0.4, -0.2) is 21.4 Å². The molecule has 29 heavy (non-hydrogen) atoms. The fourth-order valence-electron chi connectivity index (χ4n) is 6.76. The predicted octanol–water partition coefficient (Wildman–Crippen LogP) is 3.65. The Bertz CT molecular complexity index is 1030. The second kappa shape index (κ2) is 6.78. The summed E-state index contributed by atoms with van der Waals surface area (Å²) in [5, 5.41) is 9.65. The van der Waals surface area contributed by atoms with Crippen molar-refractivity contribution in [3.8, 4) is 0 Å². The zero-order chi connectivity index (χ0) is 20.2. The highest BCUT2D eigenvalue weighted by molar-refractivity contribution is 6.05. The SMILES string of the molecule is C/C(CC12CC3CC(CC(C3)C1)C2)=N/NC(=O)c1nn(C)c(=O)c2ccccc12. The minimum absolute atomic E-state index is 0.210. The number of nitrogens with zero attached hydrogens (tertiary/aromatic N) is 3. The number of nitrogens with one attached hydrogen (secondary N) is 1. The maximum Gasteiger partial charge on any atom is 0.292 e. The molecule has 2 aromatic rings. The van der Waals surface area contributed by atoms with Crippen molar-refractivity contribution < 1.29 is 4.79 Å². The van der Waals surface area contributed by atoms with E-state index in [1.807, 2.05) is 13.0 Å². The number of hydrogen-bond acceptors (Lipinski definition) is 4. The number of carbonyl (C=O) groups excluding carboxylic acids is 1. The van der Waals surface area contributed by atoms with E-state index < -0.39 is 0 Å². The van der Waals surface area contributed by atoms with Crippen LogP contribution in [0.25, 0.3) is 10.8 Å². The zero-order valence-corrected chi connectivity index (χ0v) is 17.1. The average molecular weight is 393 g/mol. The van der Waals surface area contributed by atoms with Crippen LogP contribution < -0.4 is 11.0 Å². The molecule has 6 rings (SSSR count). The van der Waals surface area contributed by atoms with Gasteiger partial charge in [-0.05, 0) is 81.1 Å². The molecule has 0 saturated heterocycles. The molecular weight excluding hydrogens is 364 g/mol. The number of benzene rings is 1. The van der Waals surface area contributed by atoms with Crippen molar-refractivity contribution in [2.75, 3.05) is 0 Å². The van der Waals surface area contributed by atoms with Crippen molar-refractivity contribution in [1.82, 2.24) is 15.2 Å². The van der Waals surface area contributed by atoms with E-state index in [9.17, 15) is 9.59 Å². The van der Waals surface area contributed by atoms with Crippen LogP contribution >= 0.6 is 0 Å². The van der Waals surface area contributed by atoms with Crippen LogP contribution in [0.1, 0.15) is 62.4 Å². The largest absolute Gasteiger partial charge is 0.292 e. The van der Waals surface area contributed by atoms with Crippen molar-refractivity contribution >= 4 is 22.4 Å². The summed E-state index contributed by atoms with van der Waals surface area (Å²) in [4.78, 5) is 25.1. The maximum absolute atomic E-state index is 12.8. The highest BCUT2D eigenvalue weighted by atomic mass is 16.2. The van der Waals surface area contributed by atoms with Gasteiger partial charge in [-0.1, -0.05) is 18.2 Å². The van der Waals surface area contributed by atoms with E-state index >= 15 is 0 Å². The smallest absolute Gasteiger partial charge is 0.267 e. The number of aromatic nitrogens is 2. The Balaban J connectivity index is 1.34. The molecule has 4 aliphatic rings. The van der Waals surface area contributed by atoms with Gasteiger partial charge < -0.3 is 0 Å². The van der Waals surface area contributed by atoms with Crippen LogP contribution in [0.15, 0.2) is 34.2 Å². The summed E-state index contributed by atoms with van der Waals surface area (Å²) in [6.07, 6.45) is 9.23. The molecule has 6 nitrogen and oxygen atoms in total. The predicted molar refractivity (Wildman–Crippen MR) is 113 cm³/mol. The van der Waals surface area contributed by atoms with Gasteiger partial charge in [0.15, 0.2) is 5.69 Å². The van der Waals surface area contributed by atoms with Gasteiger partial charge in [-0.15, -0.1) is 0 Å². The number of rotatable bonds is 4. The Labute approximate surface area is 170 Å². The summed E-state index contributed by atoms with van der Waals surface area (Å²) < 4.78 is 1.21. The Morgan fingerprint density at radius 2 is 1.72 bits per heavy atom. The van der Waals surface area contributed by atoms with Crippen molar-refractivity contribution in [2.24, 2.45) is 35.3 Å². The molecule has 152 valence electrons. The molecule has 0 aliphatic heterocycles. The molecule has 4 aliphatic carbocycles. The van der Waals surface area contributed by atoms with Gasteiger partial charge in [-0.25, -0.2) is 10.1 Å². The molecular formula is C23H28N4O2. The topological polar surface area (TPSA) is 76.3 Å². The normalized spacial score (nSPS) is 30.7. The van der Waals surface area contributed by atoms with Gasteiger partial charge in [0, 0.05) is 18.1 Å². The lowest BCUT2D eigenvalue weighted by molar-refractivity contribution is -0.0482. The van der Waals surface area contributed by atoms with Crippen molar-refractivity contribution in [1.29, 1.82) is 0 Å². The quantitative estimate of drug-likeness (QED) is 0.637. The van der Waals surface area contributed by atoms with E-state index in [4.69, 9.17) is 0 Å². The molecule has 1 N–H and O–H groups in total. The molecule has 4 bridgehead atoms. The third kappa shape index (κ3) is 3.28. The van der Waals surface area contributed by atoms with E-state index in [0.29, 0.717) is 16.2 Å². The molecule has 4 saturated carbocycles. The van der Waals surface area contributed by atoms with E-state index in [1.54, 1.807) is 25.2 Å². The average Bonchev–Trinajstić information content (AvgIpc) is 2.67. The first-order chi connectivity index (χ1) is 13.9. The van der Waals surface area contributed by atoms with Gasteiger partial charge in [0.1, 0.15) is 0 Å². The lowest BCUT2D eigenvalue weighted by atomic mass is 9.48. The molecule has 0 spiro atoms. The first-order valence-electron chi connectivity index (χ1n) is 10.7. The number of amides is 1. The fraction of sp³-hybridized carbons (Fsp3) is 0.565. The standard InChI is InChI=1S/C23H28N4O2/c1-14(10-23-11-15-7-16(12-23)9-17(8-15)13-23)24-25-21(28)20-18-5-3-4-6-19(18)22(29)27(2)26-20/h3-6,15-17H,7-13H2,1-2H3,(H,25,28)/b24-14-. The molecule has 1 amide bonds.